The van der Waals surface area contributed by atoms with Crippen molar-refractivity contribution < 1.29 is 0 Å². The zero-order valence-corrected chi connectivity index (χ0v) is 60.9. The third kappa shape index (κ3) is 13.5. The highest BCUT2D eigenvalue weighted by Gasteiger charge is 2.18. The van der Waals surface area contributed by atoms with Crippen molar-refractivity contribution in [2.75, 3.05) is 0 Å². The van der Waals surface area contributed by atoms with E-state index >= 15 is 0 Å². The lowest BCUT2D eigenvalue weighted by molar-refractivity contribution is 1.16. The second-order valence-electron chi connectivity index (χ2n) is 27.9. The van der Waals surface area contributed by atoms with Gasteiger partial charge in [0.2, 0.25) is 0 Å². The number of aromatic nitrogens is 11. The van der Waals surface area contributed by atoms with E-state index < -0.39 is 0 Å². The topological polar surface area (TPSA) is 134 Å². The number of fused-ring (bicyclic) bond motifs is 7. The van der Waals surface area contributed by atoms with Gasteiger partial charge in [-0.05, 0) is 144 Å². The van der Waals surface area contributed by atoms with Crippen LogP contribution < -0.4 is 0 Å². The summed E-state index contributed by atoms with van der Waals surface area (Å²) in [5, 5.41) is 6.82. The van der Waals surface area contributed by atoms with Gasteiger partial charge in [0, 0.05) is 94.9 Å². The number of para-hydroxylation sites is 2. The van der Waals surface area contributed by atoms with Crippen LogP contribution in [0.1, 0.15) is 0 Å². The number of hydrogen-bond acceptors (Lipinski definition) is 10. The Morgan fingerprint density at radius 3 is 0.956 bits per heavy atom. The van der Waals surface area contributed by atoms with Crippen molar-refractivity contribution in [3.63, 3.8) is 0 Å². The largest absolute Gasteiger partial charge is 0.309 e. The minimum atomic E-state index is 0.680. The molecule has 11 nitrogen and oxygen atoms in total. The molecule has 21 rings (SSSR count). The van der Waals surface area contributed by atoms with Crippen LogP contribution in [0.5, 0.6) is 0 Å². The summed E-state index contributed by atoms with van der Waals surface area (Å²) in [5.74, 6) is 1.38. The molecular weight excluding hydrogens is 1380 g/mol. The highest BCUT2D eigenvalue weighted by Crippen LogP contribution is 2.38. The Kier molecular flexibility index (Phi) is 17.3. The maximum atomic E-state index is 5.16. The summed E-state index contributed by atoms with van der Waals surface area (Å²) in [6.45, 7) is 0. The van der Waals surface area contributed by atoms with E-state index in [2.05, 4.69) is 281 Å². The van der Waals surface area contributed by atoms with Gasteiger partial charge < -0.3 is 4.57 Å². The van der Waals surface area contributed by atoms with Gasteiger partial charge in [-0.15, -0.1) is 0 Å². The molecule has 0 saturated carbocycles. The van der Waals surface area contributed by atoms with Crippen molar-refractivity contribution in [2.45, 2.75) is 0 Å². The number of pyridine rings is 6. The van der Waals surface area contributed by atoms with Gasteiger partial charge in [-0.25, -0.2) is 39.9 Å². The highest BCUT2D eigenvalue weighted by atomic mass is 15.0. The van der Waals surface area contributed by atoms with Gasteiger partial charge in [0.1, 0.15) is 0 Å². The molecule has 0 amide bonds. The molecule has 0 radical (unpaired) electrons. The van der Waals surface area contributed by atoms with Crippen LogP contribution in [0.3, 0.4) is 0 Å². The third-order valence-corrected chi connectivity index (χ3v) is 20.8. The molecule has 11 heteroatoms. The third-order valence-electron chi connectivity index (χ3n) is 20.8. The van der Waals surface area contributed by atoms with Gasteiger partial charge in [-0.1, -0.05) is 261 Å². The summed E-state index contributed by atoms with van der Waals surface area (Å²) in [5.41, 5.74) is 28.5. The normalized spacial score (nSPS) is 11.4. The van der Waals surface area contributed by atoms with Crippen LogP contribution in [0.15, 0.2) is 395 Å². The van der Waals surface area contributed by atoms with Crippen LogP contribution in [0.4, 0.5) is 0 Å². The van der Waals surface area contributed by atoms with Crippen LogP contribution in [-0.2, 0) is 0 Å². The molecule has 0 bridgehead atoms. The Morgan fingerprint density at radius 1 is 0.168 bits per heavy atom. The van der Waals surface area contributed by atoms with Crippen LogP contribution in [0.2, 0.25) is 0 Å². The summed E-state index contributed by atoms with van der Waals surface area (Å²) in [4.78, 5) is 49.2. The van der Waals surface area contributed by atoms with Crippen molar-refractivity contribution in [2.24, 2.45) is 0 Å². The first kappa shape index (κ1) is 66.9. The first-order valence-electron chi connectivity index (χ1n) is 37.6. The minimum Gasteiger partial charge on any atom is -0.309 e. The Hall–Kier alpha value is -15.5. The lowest BCUT2D eigenvalue weighted by Crippen LogP contribution is -1.98. The molecule has 9 aromatic heterocycles. The summed E-state index contributed by atoms with van der Waals surface area (Å²) in [6, 6.07) is 132. The second kappa shape index (κ2) is 29.3. The van der Waals surface area contributed by atoms with E-state index in [-0.39, 0.29) is 0 Å². The van der Waals surface area contributed by atoms with E-state index in [1.54, 1.807) is 12.4 Å². The summed E-state index contributed by atoms with van der Waals surface area (Å²) in [7, 11) is 0. The van der Waals surface area contributed by atoms with Crippen molar-refractivity contribution in [3.05, 3.63) is 395 Å². The van der Waals surface area contributed by atoms with Gasteiger partial charge >= 0.3 is 0 Å². The molecule has 0 atom stereocenters. The second-order valence-corrected chi connectivity index (χ2v) is 27.9. The van der Waals surface area contributed by atoms with Gasteiger partial charge in [-0.3, -0.25) is 9.97 Å². The number of benzene rings is 12. The maximum Gasteiger partial charge on any atom is 0.160 e. The quantitative estimate of drug-likeness (QED) is 0.110. The first-order chi connectivity index (χ1) is 55.9. The molecule has 0 fully saturated rings. The number of rotatable bonds is 13. The van der Waals surface area contributed by atoms with Gasteiger partial charge in [0.05, 0.1) is 90.0 Å². The van der Waals surface area contributed by atoms with Crippen molar-refractivity contribution in [1.29, 1.82) is 0 Å². The molecule has 0 aliphatic rings. The molecule has 0 aliphatic carbocycles. The zero-order valence-electron chi connectivity index (χ0n) is 60.9. The average Bonchev–Trinajstić information content (AvgIpc) is 1.60. The Labute approximate surface area is 651 Å². The lowest BCUT2D eigenvalue weighted by atomic mass is 10.0. The molecule has 21 aromatic rings. The molecule has 528 valence electrons. The Bertz CT molecular complexity index is 7030. The molecular formula is C102H65N11. The Balaban J connectivity index is 0.000000151. The molecule has 0 unspecified atom stereocenters. The molecule has 0 spiro atoms. The zero-order chi connectivity index (χ0) is 75.0. The molecule has 0 aliphatic heterocycles. The molecule has 0 N–H and O–H groups in total. The number of nitrogens with zero attached hydrogens (tertiary/aromatic N) is 11. The van der Waals surface area contributed by atoms with E-state index in [9.17, 15) is 0 Å². The van der Waals surface area contributed by atoms with Gasteiger partial charge in [0.15, 0.2) is 11.6 Å². The molecule has 12 aromatic carbocycles. The summed E-state index contributed by atoms with van der Waals surface area (Å²) < 4.78 is 2.34. The fourth-order valence-corrected chi connectivity index (χ4v) is 15.0. The standard InChI is InChI=1S/C57H36N6.C45H29N5/c1-2-11-40(12-3-1)57-61-53(36-54(62-57)43-13-10-14-45(34-43)63-55-18-6-4-15-46(55)47-16-5-7-19-56(47)63)38-22-20-37(21-23-38)48-30-28-44-33-41(27-29-49(44)59-48)42-25-24-39-26-31-51(60-52(39)35-42)50-17-8-9-32-58-50;1-3-9-30(10-4-1)43-29-44(50-45(49-43)34-11-5-2-6-12-34)32-16-14-31(15-17-32)38-24-22-37-27-35(21-23-39(37)47-38)36-19-18-33-20-25-41(48-42(33)28-36)40-13-7-8-26-46-40/h1-36H;1-29H. The summed E-state index contributed by atoms with van der Waals surface area (Å²) >= 11 is 0. The van der Waals surface area contributed by atoms with E-state index in [1.807, 2.05) is 115 Å². The minimum absolute atomic E-state index is 0.680. The predicted octanol–water partition coefficient (Wildman–Crippen LogP) is 25.0. The van der Waals surface area contributed by atoms with Gasteiger partial charge in [-0.2, -0.15) is 0 Å². The van der Waals surface area contributed by atoms with Crippen LogP contribution in [0.25, 0.3) is 206 Å². The molecule has 0 saturated heterocycles. The maximum absolute atomic E-state index is 5.16. The van der Waals surface area contributed by atoms with E-state index in [4.69, 9.17) is 39.9 Å². The van der Waals surface area contributed by atoms with Crippen molar-refractivity contribution >= 4 is 65.4 Å². The van der Waals surface area contributed by atoms with Crippen molar-refractivity contribution in [1.82, 2.24) is 54.4 Å². The smallest absolute Gasteiger partial charge is 0.160 e. The summed E-state index contributed by atoms with van der Waals surface area (Å²) in [6.07, 6.45) is 3.59. The molecule has 113 heavy (non-hydrogen) atoms. The predicted molar refractivity (Wildman–Crippen MR) is 460 cm³/mol. The fourth-order valence-electron chi connectivity index (χ4n) is 15.0. The van der Waals surface area contributed by atoms with Crippen molar-refractivity contribution in [3.8, 4) is 141 Å². The first-order valence-corrected chi connectivity index (χ1v) is 37.6. The number of hydrogen-bond donors (Lipinski definition) is 0. The van der Waals surface area contributed by atoms with E-state index in [1.165, 1.54) is 21.8 Å². The monoisotopic (exact) mass is 1440 g/mol. The Morgan fingerprint density at radius 2 is 0.504 bits per heavy atom. The lowest BCUT2D eigenvalue weighted by Gasteiger charge is -2.12. The van der Waals surface area contributed by atoms with E-state index in [0.29, 0.717) is 11.6 Å². The van der Waals surface area contributed by atoms with E-state index in [0.717, 1.165) is 173 Å². The van der Waals surface area contributed by atoms with Crippen LogP contribution in [0, 0.1) is 0 Å². The van der Waals surface area contributed by atoms with Crippen LogP contribution in [-0.4, -0.2) is 54.4 Å². The molecule has 9 heterocycles. The van der Waals surface area contributed by atoms with Gasteiger partial charge in [0.25, 0.3) is 0 Å². The SMILES string of the molecule is c1ccc(-c2cc(-c3ccc(-c4ccc5cc(-c6ccc7ccc(-c8ccccn8)nc7c6)ccc5n4)cc3)nc(-c3ccccc3)n2)cc1.c1ccc(-c2nc(-c3ccc(-c4ccc5cc(-c6ccc7ccc(-c8ccccn8)nc7c6)ccc5n4)cc3)cc(-c3cccc(-n4c5ccccc5c5ccccc54)c3)n2)cc1. The van der Waals surface area contributed by atoms with Crippen LogP contribution >= 0.6 is 0 Å². The highest BCUT2D eigenvalue weighted by molar-refractivity contribution is 6.09. The fraction of sp³-hybridized carbons (Fsp3) is 0. The average molecular weight is 1440 g/mol.